The lowest BCUT2D eigenvalue weighted by molar-refractivity contribution is 0.0530. The van der Waals surface area contributed by atoms with Crippen LogP contribution in [-0.2, 0) is 11.3 Å². The Bertz CT molecular complexity index is 646. The minimum Gasteiger partial charge on any atom is -0.375 e. The fourth-order valence-electron chi connectivity index (χ4n) is 2.46. The van der Waals surface area contributed by atoms with Crippen LogP contribution in [0, 0.1) is 11.3 Å². The van der Waals surface area contributed by atoms with Crippen LogP contribution in [0.4, 0.5) is 5.82 Å². The van der Waals surface area contributed by atoms with E-state index in [1.807, 2.05) is 0 Å². The standard InChI is InChI=1S/C13H16N6O/c1-10-8-18(5-6-20-10)12-11-7-17-19(4-2-3-14)13(11)16-9-15-12/h7,9-10H,2,4-6,8H2,1H3. The summed E-state index contributed by atoms with van der Waals surface area (Å²) < 4.78 is 7.32. The zero-order valence-corrected chi connectivity index (χ0v) is 11.4. The number of hydrogen-bond donors (Lipinski definition) is 0. The maximum absolute atomic E-state index is 8.68. The first kappa shape index (κ1) is 12.8. The van der Waals surface area contributed by atoms with Gasteiger partial charge in [-0.3, -0.25) is 0 Å². The Morgan fingerprint density at radius 2 is 2.40 bits per heavy atom. The second kappa shape index (κ2) is 5.43. The molecule has 1 unspecified atom stereocenters. The zero-order chi connectivity index (χ0) is 13.9. The maximum Gasteiger partial charge on any atom is 0.163 e. The molecule has 0 N–H and O–H groups in total. The molecular weight excluding hydrogens is 256 g/mol. The third-order valence-electron chi connectivity index (χ3n) is 3.39. The molecule has 3 rings (SSSR count). The van der Waals surface area contributed by atoms with Gasteiger partial charge < -0.3 is 9.64 Å². The van der Waals surface area contributed by atoms with Crippen LogP contribution < -0.4 is 4.90 Å². The molecule has 1 atom stereocenters. The third-order valence-corrected chi connectivity index (χ3v) is 3.39. The van der Waals surface area contributed by atoms with Gasteiger partial charge in [-0.15, -0.1) is 0 Å². The van der Waals surface area contributed by atoms with E-state index in [1.54, 1.807) is 17.2 Å². The molecule has 0 spiro atoms. The van der Waals surface area contributed by atoms with Crippen molar-refractivity contribution < 1.29 is 4.74 Å². The number of nitriles is 1. The predicted molar refractivity (Wildman–Crippen MR) is 73.2 cm³/mol. The fraction of sp³-hybridized carbons (Fsp3) is 0.538. The van der Waals surface area contributed by atoms with Crippen LogP contribution in [0.2, 0.25) is 0 Å². The molecule has 0 bridgehead atoms. The number of anilines is 1. The van der Waals surface area contributed by atoms with Crippen LogP contribution in [0.15, 0.2) is 12.5 Å². The summed E-state index contributed by atoms with van der Waals surface area (Å²) in [7, 11) is 0. The minimum atomic E-state index is 0.197. The van der Waals surface area contributed by atoms with E-state index >= 15 is 0 Å². The van der Waals surface area contributed by atoms with E-state index in [0.717, 1.165) is 29.9 Å². The molecular formula is C13H16N6O. The van der Waals surface area contributed by atoms with Crippen LogP contribution >= 0.6 is 0 Å². The van der Waals surface area contributed by atoms with E-state index in [0.29, 0.717) is 19.6 Å². The van der Waals surface area contributed by atoms with Crippen molar-refractivity contribution in [2.75, 3.05) is 24.6 Å². The first-order valence-corrected chi connectivity index (χ1v) is 6.69. The maximum atomic E-state index is 8.68. The van der Waals surface area contributed by atoms with Gasteiger partial charge in [-0.1, -0.05) is 0 Å². The number of rotatable bonds is 3. The van der Waals surface area contributed by atoms with Crippen LogP contribution in [0.25, 0.3) is 11.0 Å². The molecule has 1 saturated heterocycles. The van der Waals surface area contributed by atoms with Crippen LogP contribution in [-0.4, -0.2) is 45.5 Å². The monoisotopic (exact) mass is 272 g/mol. The van der Waals surface area contributed by atoms with Crippen LogP contribution in [0.1, 0.15) is 13.3 Å². The van der Waals surface area contributed by atoms with E-state index in [1.165, 1.54) is 0 Å². The number of aryl methyl sites for hydroxylation is 1. The highest BCUT2D eigenvalue weighted by Crippen LogP contribution is 2.24. The van der Waals surface area contributed by atoms with E-state index in [2.05, 4.69) is 33.0 Å². The second-order valence-electron chi connectivity index (χ2n) is 4.84. The molecule has 20 heavy (non-hydrogen) atoms. The highest BCUT2D eigenvalue weighted by atomic mass is 16.5. The van der Waals surface area contributed by atoms with Gasteiger partial charge in [-0.25, -0.2) is 14.6 Å². The molecule has 2 aromatic rings. The van der Waals surface area contributed by atoms with Crippen molar-refractivity contribution in [1.82, 2.24) is 19.7 Å². The third kappa shape index (κ3) is 2.30. The van der Waals surface area contributed by atoms with E-state index < -0.39 is 0 Å². The molecule has 3 heterocycles. The second-order valence-corrected chi connectivity index (χ2v) is 4.84. The summed E-state index contributed by atoms with van der Waals surface area (Å²) in [6, 6.07) is 2.12. The number of ether oxygens (including phenoxy) is 1. The summed E-state index contributed by atoms with van der Waals surface area (Å²) in [5, 5.41) is 13.9. The molecule has 1 aliphatic heterocycles. The molecule has 7 nitrogen and oxygen atoms in total. The van der Waals surface area contributed by atoms with Gasteiger partial charge in [0.1, 0.15) is 12.1 Å². The molecule has 0 saturated carbocycles. The molecule has 7 heteroatoms. The van der Waals surface area contributed by atoms with Gasteiger partial charge in [0.2, 0.25) is 0 Å². The van der Waals surface area contributed by atoms with Crippen LogP contribution in [0.5, 0.6) is 0 Å². The predicted octanol–water partition coefficient (Wildman–Crippen LogP) is 0.965. The lowest BCUT2D eigenvalue weighted by atomic mass is 10.2. The van der Waals surface area contributed by atoms with Gasteiger partial charge >= 0.3 is 0 Å². The van der Waals surface area contributed by atoms with Crippen LogP contribution in [0.3, 0.4) is 0 Å². The Morgan fingerprint density at radius 3 is 3.20 bits per heavy atom. The summed E-state index contributed by atoms with van der Waals surface area (Å²) in [5.74, 6) is 0.897. The zero-order valence-electron chi connectivity index (χ0n) is 11.4. The Balaban J connectivity index is 1.95. The Morgan fingerprint density at radius 1 is 1.50 bits per heavy atom. The van der Waals surface area contributed by atoms with Crippen molar-refractivity contribution in [3.8, 4) is 6.07 Å². The number of fused-ring (bicyclic) bond motifs is 1. The Labute approximate surface area is 116 Å². The van der Waals surface area contributed by atoms with Gasteiger partial charge in [-0.05, 0) is 6.92 Å². The number of nitrogens with zero attached hydrogens (tertiary/aromatic N) is 6. The van der Waals surface area contributed by atoms with Gasteiger partial charge in [-0.2, -0.15) is 10.4 Å². The average molecular weight is 272 g/mol. The number of hydrogen-bond acceptors (Lipinski definition) is 6. The van der Waals surface area contributed by atoms with E-state index in [-0.39, 0.29) is 6.10 Å². The van der Waals surface area contributed by atoms with E-state index in [4.69, 9.17) is 10.00 Å². The average Bonchev–Trinajstić information content (AvgIpc) is 2.88. The summed E-state index contributed by atoms with van der Waals surface area (Å²) >= 11 is 0. The molecule has 104 valence electrons. The van der Waals surface area contributed by atoms with Crippen molar-refractivity contribution >= 4 is 16.9 Å². The molecule has 0 aromatic carbocycles. The SMILES string of the molecule is CC1CN(c2ncnc3c2cnn3CCC#N)CCO1. The van der Waals surface area contributed by atoms with Gasteiger partial charge in [0.05, 0.1) is 43.3 Å². The molecule has 0 radical (unpaired) electrons. The highest BCUT2D eigenvalue weighted by molar-refractivity contribution is 5.86. The van der Waals surface area contributed by atoms with E-state index in [9.17, 15) is 0 Å². The molecule has 0 amide bonds. The lowest BCUT2D eigenvalue weighted by Crippen LogP contribution is -2.41. The Kier molecular flexibility index (Phi) is 3.48. The van der Waals surface area contributed by atoms with Crippen molar-refractivity contribution in [3.05, 3.63) is 12.5 Å². The first-order valence-electron chi connectivity index (χ1n) is 6.69. The summed E-state index contributed by atoms with van der Waals surface area (Å²) in [6.07, 6.45) is 3.96. The topological polar surface area (TPSA) is 79.9 Å². The highest BCUT2D eigenvalue weighted by Gasteiger charge is 2.21. The quantitative estimate of drug-likeness (QED) is 0.828. The van der Waals surface area contributed by atoms with Gasteiger partial charge in [0.15, 0.2) is 5.65 Å². The first-order chi connectivity index (χ1) is 9.79. The van der Waals surface area contributed by atoms with Gasteiger partial charge in [0.25, 0.3) is 0 Å². The fourth-order valence-corrected chi connectivity index (χ4v) is 2.46. The van der Waals surface area contributed by atoms with Crippen molar-refractivity contribution in [2.24, 2.45) is 0 Å². The Hall–Kier alpha value is -2.20. The minimum absolute atomic E-state index is 0.197. The van der Waals surface area contributed by atoms with Gasteiger partial charge in [0, 0.05) is 13.1 Å². The normalized spacial score (nSPS) is 19.2. The molecule has 2 aromatic heterocycles. The smallest absolute Gasteiger partial charge is 0.163 e. The number of morpholine rings is 1. The largest absolute Gasteiger partial charge is 0.375 e. The number of aromatic nitrogens is 4. The van der Waals surface area contributed by atoms with Crippen molar-refractivity contribution in [2.45, 2.75) is 26.0 Å². The molecule has 0 aliphatic carbocycles. The summed E-state index contributed by atoms with van der Waals surface area (Å²) in [4.78, 5) is 10.9. The van der Waals surface area contributed by atoms with Crippen molar-refractivity contribution in [3.63, 3.8) is 0 Å². The summed E-state index contributed by atoms with van der Waals surface area (Å²) in [5.41, 5.74) is 0.782. The molecule has 1 aliphatic rings. The summed E-state index contributed by atoms with van der Waals surface area (Å²) in [6.45, 7) is 4.95. The lowest BCUT2D eigenvalue weighted by Gasteiger charge is -2.32. The molecule has 1 fully saturated rings. The van der Waals surface area contributed by atoms with Crippen molar-refractivity contribution in [1.29, 1.82) is 5.26 Å².